The average Bonchev–Trinajstić information content (AvgIpc) is 3.30. The van der Waals surface area contributed by atoms with E-state index >= 15 is 0 Å². The fourth-order valence-electron chi connectivity index (χ4n) is 3.59. The van der Waals surface area contributed by atoms with Gasteiger partial charge in [0.1, 0.15) is 5.82 Å². The number of piperidine rings is 1. The topological polar surface area (TPSA) is 92.5 Å². The van der Waals surface area contributed by atoms with Crippen molar-refractivity contribution >= 4 is 15.9 Å². The molecule has 0 spiro atoms. The smallest absolute Gasteiger partial charge is 0.290 e. The van der Waals surface area contributed by atoms with E-state index in [1.165, 1.54) is 16.4 Å². The van der Waals surface area contributed by atoms with Crippen LogP contribution in [0.5, 0.6) is 0 Å². The fraction of sp³-hybridized carbons (Fsp3) is 0.273. The fourth-order valence-corrected chi connectivity index (χ4v) is 5.08. The van der Waals surface area contributed by atoms with Crippen molar-refractivity contribution in [2.75, 3.05) is 13.1 Å². The number of aromatic nitrogens is 1. The highest BCUT2D eigenvalue weighted by molar-refractivity contribution is 7.89. The quantitative estimate of drug-likeness (QED) is 0.631. The van der Waals surface area contributed by atoms with Crippen molar-refractivity contribution in [1.82, 2.24) is 14.8 Å². The summed E-state index contributed by atoms with van der Waals surface area (Å²) in [6.07, 6.45) is 1.18. The lowest BCUT2D eigenvalue weighted by molar-refractivity contribution is 0.0913. The van der Waals surface area contributed by atoms with E-state index in [-0.39, 0.29) is 28.9 Å². The number of amides is 1. The molecule has 1 saturated heterocycles. The molecule has 1 N–H and O–H groups in total. The molecule has 1 aliphatic heterocycles. The number of carbonyl (C=O) groups excluding carboxylic acids is 1. The molecule has 9 heteroatoms. The number of hydrogen-bond donors (Lipinski definition) is 1. The molecule has 4 rings (SSSR count). The Morgan fingerprint density at radius 3 is 2.45 bits per heavy atom. The first kappa shape index (κ1) is 21.2. The van der Waals surface area contributed by atoms with Gasteiger partial charge in [-0.15, -0.1) is 0 Å². The van der Waals surface area contributed by atoms with Crippen LogP contribution in [0.4, 0.5) is 4.39 Å². The van der Waals surface area contributed by atoms with Crippen molar-refractivity contribution in [1.29, 1.82) is 0 Å². The summed E-state index contributed by atoms with van der Waals surface area (Å²) in [5.74, 6) is -0.634. The first-order chi connectivity index (χ1) is 14.9. The number of carbonyl (C=O) groups is 1. The molecule has 1 aromatic heterocycles. The zero-order valence-electron chi connectivity index (χ0n) is 16.7. The predicted octanol–water partition coefficient (Wildman–Crippen LogP) is 3.31. The Labute approximate surface area is 179 Å². The molecule has 1 amide bonds. The summed E-state index contributed by atoms with van der Waals surface area (Å²) in [7, 11) is -3.51. The van der Waals surface area contributed by atoms with Crippen LogP contribution in [0.25, 0.3) is 0 Å². The molecule has 0 bridgehead atoms. The second-order valence-corrected chi connectivity index (χ2v) is 9.35. The van der Waals surface area contributed by atoms with Crippen LogP contribution in [0.2, 0.25) is 0 Å². The maximum atomic E-state index is 13.0. The largest absolute Gasteiger partial charge is 0.351 e. The zero-order chi connectivity index (χ0) is 21.8. The van der Waals surface area contributed by atoms with E-state index in [4.69, 9.17) is 4.52 Å². The molecule has 0 saturated carbocycles. The van der Waals surface area contributed by atoms with Crippen LogP contribution in [-0.2, 0) is 16.6 Å². The van der Waals surface area contributed by atoms with Crippen LogP contribution in [-0.4, -0.2) is 36.9 Å². The van der Waals surface area contributed by atoms with Crippen LogP contribution >= 0.6 is 0 Å². The van der Waals surface area contributed by atoms with E-state index in [1.54, 1.807) is 48.5 Å². The number of hydrogen-bond acceptors (Lipinski definition) is 5. The molecule has 0 aliphatic carbocycles. The first-order valence-corrected chi connectivity index (χ1v) is 11.4. The van der Waals surface area contributed by atoms with Crippen molar-refractivity contribution in [3.05, 3.63) is 83.5 Å². The number of nitrogens with zero attached hydrogens (tertiary/aromatic N) is 2. The summed E-state index contributed by atoms with van der Waals surface area (Å²) in [5, 5.41) is 6.73. The van der Waals surface area contributed by atoms with Crippen LogP contribution in [0.1, 0.15) is 40.6 Å². The Bertz CT molecular complexity index is 1140. The maximum Gasteiger partial charge on any atom is 0.290 e. The molecule has 3 aromatic rings. The van der Waals surface area contributed by atoms with Gasteiger partial charge in [0, 0.05) is 31.6 Å². The third-order valence-electron chi connectivity index (χ3n) is 5.37. The lowest BCUT2D eigenvalue weighted by atomic mass is 9.94. The van der Waals surface area contributed by atoms with Gasteiger partial charge in [0.05, 0.1) is 10.6 Å². The van der Waals surface area contributed by atoms with Gasteiger partial charge in [0.2, 0.25) is 15.8 Å². The van der Waals surface area contributed by atoms with E-state index < -0.39 is 15.9 Å². The number of benzene rings is 2. The van der Waals surface area contributed by atoms with Crippen LogP contribution in [0, 0.1) is 5.82 Å². The molecular formula is C22H22FN3O4S. The maximum absolute atomic E-state index is 13.0. The average molecular weight is 444 g/mol. The first-order valence-electron chi connectivity index (χ1n) is 9.98. The van der Waals surface area contributed by atoms with E-state index in [0.29, 0.717) is 31.6 Å². The molecule has 31 heavy (non-hydrogen) atoms. The second-order valence-electron chi connectivity index (χ2n) is 7.42. The highest BCUT2D eigenvalue weighted by atomic mass is 32.2. The lowest BCUT2D eigenvalue weighted by Gasteiger charge is -2.30. The number of sulfonamides is 1. The van der Waals surface area contributed by atoms with Crippen molar-refractivity contribution in [3.63, 3.8) is 0 Å². The van der Waals surface area contributed by atoms with E-state index in [9.17, 15) is 17.6 Å². The van der Waals surface area contributed by atoms with E-state index in [0.717, 1.165) is 5.56 Å². The summed E-state index contributed by atoms with van der Waals surface area (Å²) in [6, 6.07) is 15.8. The monoisotopic (exact) mass is 443 g/mol. The van der Waals surface area contributed by atoms with E-state index in [1.807, 2.05) is 0 Å². The van der Waals surface area contributed by atoms with Gasteiger partial charge in [0.25, 0.3) is 5.91 Å². The molecule has 0 radical (unpaired) electrons. The number of halogens is 1. The molecular weight excluding hydrogens is 421 g/mol. The van der Waals surface area contributed by atoms with Gasteiger partial charge < -0.3 is 9.84 Å². The summed E-state index contributed by atoms with van der Waals surface area (Å²) < 4.78 is 45.1. The molecule has 0 atom stereocenters. The minimum atomic E-state index is -3.51. The van der Waals surface area contributed by atoms with Crippen LogP contribution < -0.4 is 5.32 Å². The van der Waals surface area contributed by atoms with Gasteiger partial charge >= 0.3 is 0 Å². The number of nitrogens with one attached hydrogen (secondary N) is 1. The molecule has 1 aliphatic rings. The molecule has 2 heterocycles. The third kappa shape index (κ3) is 4.83. The third-order valence-corrected chi connectivity index (χ3v) is 7.28. The van der Waals surface area contributed by atoms with Crippen LogP contribution in [0.3, 0.4) is 0 Å². The molecule has 1 fully saturated rings. The summed E-state index contributed by atoms with van der Waals surface area (Å²) in [6.45, 7) is 0.993. The van der Waals surface area contributed by atoms with Gasteiger partial charge in [-0.05, 0) is 42.7 Å². The molecule has 2 aromatic carbocycles. The van der Waals surface area contributed by atoms with Crippen LogP contribution in [0.15, 0.2) is 70.1 Å². The lowest BCUT2D eigenvalue weighted by Crippen LogP contribution is -2.37. The Hall–Kier alpha value is -3.04. The minimum absolute atomic E-state index is 0.0182. The Morgan fingerprint density at radius 2 is 1.77 bits per heavy atom. The zero-order valence-corrected chi connectivity index (χ0v) is 17.5. The van der Waals surface area contributed by atoms with Gasteiger partial charge in [-0.3, -0.25) is 4.79 Å². The normalized spacial score (nSPS) is 15.6. The molecule has 7 nitrogen and oxygen atoms in total. The van der Waals surface area contributed by atoms with Crippen molar-refractivity contribution < 1.29 is 22.1 Å². The number of rotatable bonds is 6. The molecule has 162 valence electrons. The standard InChI is InChI=1S/C22H22FN3O4S/c23-18-8-6-16(7-9-18)15-24-22(27)21-14-20(25-30-21)17-10-12-26(13-11-17)31(28,29)19-4-2-1-3-5-19/h1-9,14,17H,10-13,15H2,(H,24,27). The van der Waals surface area contributed by atoms with Gasteiger partial charge in [-0.2, -0.15) is 4.31 Å². The highest BCUT2D eigenvalue weighted by Gasteiger charge is 2.31. The highest BCUT2D eigenvalue weighted by Crippen LogP contribution is 2.30. The van der Waals surface area contributed by atoms with Gasteiger partial charge in [-0.25, -0.2) is 12.8 Å². The second kappa shape index (κ2) is 8.99. The van der Waals surface area contributed by atoms with Crippen molar-refractivity contribution in [3.8, 4) is 0 Å². The Balaban J connectivity index is 1.33. The summed E-state index contributed by atoms with van der Waals surface area (Å²) in [4.78, 5) is 12.6. The van der Waals surface area contributed by atoms with Crippen molar-refractivity contribution in [2.45, 2.75) is 30.2 Å². The summed E-state index contributed by atoms with van der Waals surface area (Å²) >= 11 is 0. The predicted molar refractivity (Wildman–Crippen MR) is 111 cm³/mol. The van der Waals surface area contributed by atoms with Crippen molar-refractivity contribution in [2.24, 2.45) is 0 Å². The Morgan fingerprint density at radius 1 is 1.10 bits per heavy atom. The minimum Gasteiger partial charge on any atom is -0.351 e. The van der Waals surface area contributed by atoms with E-state index in [2.05, 4.69) is 10.5 Å². The van der Waals surface area contributed by atoms with Gasteiger partial charge in [-0.1, -0.05) is 35.5 Å². The Kier molecular flexibility index (Phi) is 6.15. The van der Waals surface area contributed by atoms with Gasteiger partial charge in [0.15, 0.2) is 0 Å². The summed E-state index contributed by atoms with van der Waals surface area (Å²) in [5.41, 5.74) is 1.41. The molecule has 0 unspecified atom stereocenters. The SMILES string of the molecule is O=C(NCc1ccc(F)cc1)c1cc(C2CCN(S(=O)(=O)c3ccccc3)CC2)no1.